The minimum atomic E-state index is -0.999. The molecule has 0 aliphatic rings. The van der Waals surface area contributed by atoms with Crippen LogP contribution in [0.4, 0.5) is 0 Å². The second kappa shape index (κ2) is 5.33. The third kappa shape index (κ3) is 3.15. The summed E-state index contributed by atoms with van der Waals surface area (Å²) >= 11 is 0. The molecule has 0 spiro atoms. The first-order valence-corrected chi connectivity index (χ1v) is 6.45. The van der Waals surface area contributed by atoms with E-state index in [1.54, 1.807) is 6.08 Å². The van der Waals surface area contributed by atoms with Crippen LogP contribution in [0.5, 0.6) is 0 Å². The molecule has 0 radical (unpaired) electrons. The lowest BCUT2D eigenvalue weighted by atomic mass is 9.96. The Morgan fingerprint density at radius 2 is 1.85 bits per heavy atom. The summed E-state index contributed by atoms with van der Waals surface area (Å²) in [4.78, 5) is 18.6. The molecule has 20 heavy (non-hydrogen) atoms. The summed E-state index contributed by atoms with van der Waals surface area (Å²) in [6, 6.07) is 9.71. The molecule has 0 saturated carbocycles. The van der Waals surface area contributed by atoms with E-state index < -0.39 is 5.97 Å². The van der Waals surface area contributed by atoms with Gasteiger partial charge in [0, 0.05) is 5.41 Å². The molecule has 0 aliphatic carbocycles. The number of H-pyrrole nitrogens is 1. The lowest BCUT2D eigenvalue weighted by molar-refractivity contribution is 0.0690. The number of rotatable bonds is 3. The van der Waals surface area contributed by atoms with Gasteiger partial charge in [0.2, 0.25) is 0 Å². The summed E-state index contributed by atoms with van der Waals surface area (Å²) in [5, 5.41) is 9.24. The van der Waals surface area contributed by atoms with E-state index in [4.69, 9.17) is 0 Å². The summed E-state index contributed by atoms with van der Waals surface area (Å²) in [6.45, 7) is 5.96. The van der Waals surface area contributed by atoms with E-state index in [2.05, 4.69) is 9.97 Å². The van der Waals surface area contributed by atoms with Crippen molar-refractivity contribution in [1.82, 2.24) is 9.97 Å². The second-order valence-corrected chi connectivity index (χ2v) is 5.64. The zero-order chi connectivity index (χ0) is 14.8. The van der Waals surface area contributed by atoms with E-state index >= 15 is 0 Å². The summed E-state index contributed by atoms with van der Waals surface area (Å²) < 4.78 is 0. The van der Waals surface area contributed by atoms with Gasteiger partial charge < -0.3 is 10.1 Å². The van der Waals surface area contributed by atoms with Crippen LogP contribution in [0.3, 0.4) is 0 Å². The molecule has 0 amide bonds. The summed E-state index contributed by atoms with van der Waals surface area (Å²) in [5.74, 6) is -0.330. The highest BCUT2D eigenvalue weighted by atomic mass is 16.4. The van der Waals surface area contributed by atoms with E-state index in [-0.39, 0.29) is 11.1 Å². The molecule has 1 aromatic heterocycles. The van der Waals surface area contributed by atoms with Crippen LogP contribution < -0.4 is 0 Å². The Hall–Kier alpha value is -2.36. The van der Waals surface area contributed by atoms with Crippen molar-refractivity contribution in [2.24, 2.45) is 0 Å². The number of aromatic carboxylic acids is 1. The summed E-state index contributed by atoms with van der Waals surface area (Å²) in [7, 11) is 0. The molecule has 2 aromatic rings. The van der Waals surface area contributed by atoms with E-state index in [0.717, 1.165) is 5.56 Å². The highest BCUT2D eigenvalue weighted by molar-refractivity contribution is 5.90. The van der Waals surface area contributed by atoms with Crippen molar-refractivity contribution < 1.29 is 9.90 Å². The SMILES string of the molecule is CC(C)(C)c1nc(/C=C/c2ccccc2)c(C(=O)O)[nH]1. The average molecular weight is 270 g/mol. The van der Waals surface area contributed by atoms with Gasteiger partial charge in [0.25, 0.3) is 0 Å². The standard InChI is InChI=1S/C16H18N2O2/c1-16(2,3)15-17-12(13(18-15)14(19)20)10-9-11-7-5-4-6-8-11/h4-10H,1-3H3,(H,17,18)(H,19,20)/b10-9+. The Bertz CT molecular complexity index is 634. The van der Waals surface area contributed by atoms with Crippen LogP contribution in [0.2, 0.25) is 0 Å². The molecule has 0 aliphatic heterocycles. The zero-order valence-electron chi connectivity index (χ0n) is 11.8. The maximum Gasteiger partial charge on any atom is 0.354 e. The first kappa shape index (κ1) is 14.1. The van der Waals surface area contributed by atoms with Crippen LogP contribution in [0.1, 0.15) is 48.3 Å². The van der Waals surface area contributed by atoms with Crippen LogP contribution >= 0.6 is 0 Å². The van der Waals surface area contributed by atoms with Crippen LogP contribution in [0.25, 0.3) is 12.2 Å². The van der Waals surface area contributed by atoms with Gasteiger partial charge in [-0.25, -0.2) is 9.78 Å². The van der Waals surface area contributed by atoms with Crippen molar-refractivity contribution in [1.29, 1.82) is 0 Å². The van der Waals surface area contributed by atoms with Gasteiger partial charge in [0.1, 0.15) is 5.82 Å². The Kier molecular flexibility index (Phi) is 3.74. The number of hydrogen-bond acceptors (Lipinski definition) is 2. The number of aromatic amines is 1. The Labute approximate surface area is 118 Å². The van der Waals surface area contributed by atoms with E-state index in [0.29, 0.717) is 11.5 Å². The Morgan fingerprint density at radius 3 is 2.40 bits per heavy atom. The number of nitrogens with one attached hydrogen (secondary N) is 1. The fourth-order valence-electron chi connectivity index (χ4n) is 1.76. The van der Waals surface area contributed by atoms with Gasteiger partial charge in [0.05, 0.1) is 5.69 Å². The van der Waals surface area contributed by atoms with Crippen molar-refractivity contribution in [2.75, 3.05) is 0 Å². The predicted octanol–water partition coefficient (Wildman–Crippen LogP) is 3.58. The quantitative estimate of drug-likeness (QED) is 0.896. The molecule has 0 saturated heterocycles. The van der Waals surface area contributed by atoms with E-state index in [1.165, 1.54) is 0 Å². The lowest BCUT2D eigenvalue weighted by Crippen LogP contribution is -2.13. The second-order valence-electron chi connectivity index (χ2n) is 5.64. The van der Waals surface area contributed by atoms with Crippen molar-refractivity contribution in [3.63, 3.8) is 0 Å². The number of benzene rings is 1. The molecule has 104 valence electrons. The summed E-state index contributed by atoms with van der Waals surface area (Å²) in [5.41, 5.74) is 1.36. The van der Waals surface area contributed by atoms with Gasteiger partial charge in [-0.1, -0.05) is 57.2 Å². The molecule has 1 aromatic carbocycles. The van der Waals surface area contributed by atoms with Crippen LogP contribution in [-0.4, -0.2) is 21.0 Å². The summed E-state index contributed by atoms with van der Waals surface area (Å²) in [6.07, 6.45) is 3.58. The molecule has 1 heterocycles. The smallest absolute Gasteiger partial charge is 0.354 e. The van der Waals surface area contributed by atoms with Crippen molar-refractivity contribution >= 4 is 18.1 Å². The number of hydrogen-bond donors (Lipinski definition) is 2. The number of nitrogens with zero attached hydrogens (tertiary/aromatic N) is 1. The monoisotopic (exact) mass is 270 g/mol. The normalized spacial score (nSPS) is 11.9. The first-order valence-electron chi connectivity index (χ1n) is 6.45. The maximum atomic E-state index is 11.3. The minimum absolute atomic E-state index is 0.127. The number of imidazole rings is 1. The van der Waals surface area contributed by atoms with Gasteiger partial charge >= 0.3 is 5.97 Å². The number of carboxylic acid groups (broad SMARTS) is 1. The largest absolute Gasteiger partial charge is 0.477 e. The molecule has 4 nitrogen and oxygen atoms in total. The topological polar surface area (TPSA) is 66.0 Å². The third-order valence-electron chi connectivity index (χ3n) is 2.89. The molecule has 0 unspecified atom stereocenters. The highest BCUT2D eigenvalue weighted by Gasteiger charge is 2.22. The lowest BCUT2D eigenvalue weighted by Gasteiger charge is -2.13. The average Bonchev–Trinajstić information content (AvgIpc) is 2.82. The maximum absolute atomic E-state index is 11.3. The highest BCUT2D eigenvalue weighted by Crippen LogP contribution is 2.22. The van der Waals surface area contributed by atoms with Gasteiger partial charge in [-0.3, -0.25) is 0 Å². The van der Waals surface area contributed by atoms with Gasteiger partial charge in [-0.15, -0.1) is 0 Å². The van der Waals surface area contributed by atoms with Crippen LogP contribution in [0.15, 0.2) is 30.3 Å². The fourth-order valence-corrected chi connectivity index (χ4v) is 1.76. The van der Waals surface area contributed by atoms with E-state index in [1.807, 2.05) is 57.2 Å². The van der Waals surface area contributed by atoms with Gasteiger partial charge in [-0.2, -0.15) is 0 Å². The van der Waals surface area contributed by atoms with Crippen LogP contribution in [-0.2, 0) is 5.41 Å². The molecule has 2 rings (SSSR count). The number of carboxylic acids is 1. The molecule has 0 atom stereocenters. The first-order chi connectivity index (χ1) is 9.38. The molecule has 0 fully saturated rings. The molecule has 2 N–H and O–H groups in total. The fraction of sp³-hybridized carbons (Fsp3) is 0.250. The van der Waals surface area contributed by atoms with Crippen LogP contribution in [0, 0.1) is 0 Å². The minimum Gasteiger partial charge on any atom is -0.477 e. The van der Waals surface area contributed by atoms with E-state index in [9.17, 15) is 9.90 Å². The molecular weight excluding hydrogens is 252 g/mol. The Morgan fingerprint density at radius 1 is 1.20 bits per heavy atom. The molecule has 4 heteroatoms. The van der Waals surface area contributed by atoms with Crippen molar-refractivity contribution in [3.05, 3.63) is 53.1 Å². The van der Waals surface area contributed by atoms with Gasteiger partial charge in [0.15, 0.2) is 5.69 Å². The zero-order valence-corrected chi connectivity index (χ0v) is 11.8. The van der Waals surface area contributed by atoms with Crippen molar-refractivity contribution in [2.45, 2.75) is 26.2 Å². The Balaban J connectivity index is 2.38. The van der Waals surface area contributed by atoms with Crippen molar-refractivity contribution in [3.8, 4) is 0 Å². The molecular formula is C16H18N2O2. The predicted molar refractivity (Wildman–Crippen MR) is 79.6 cm³/mol. The molecule has 0 bridgehead atoms. The third-order valence-corrected chi connectivity index (χ3v) is 2.89. The number of carbonyl (C=O) groups is 1. The number of aromatic nitrogens is 2. The van der Waals surface area contributed by atoms with Gasteiger partial charge in [-0.05, 0) is 11.6 Å².